The molecule has 1 aliphatic carbocycles. The van der Waals surface area contributed by atoms with Gasteiger partial charge in [0, 0.05) is 34.2 Å². The van der Waals surface area contributed by atoms with Crippen molar-refractivity contribution in [2.75, 3.05) is 27.9 Å². The van der Waals surface area contributed by atoms with Crippen LogP contribution in [0.4, 0.5) is 0 Å². The quantitative estimate of drug-likeness (QED) is 0.808. The van der Waals surface area contributed by atoms with Gasteiger partial charge < -0.3 is 33.5 Å². The smallest absolute Gasteiger partial charge is 0.223 e. The molecular formula is C14H24O7. The Morgan fingerprint density at radius 1 is 1.00 bits per heavy atom. The summed E-state index contributed by atoms with van der Waals surface area (Å²) in [4.78, 5) is 0. The zero-order valence-corrected chi connectivity index (χ0v) is 12.7. The Labute approximate surface area is 124 Å². The molecule has 0 aromatic rings. The van der Waals surface area contributed by atoms with Crippen LogP contribution >= 0.6 is 0 Å². The van der Waals surface area contributed by atoms with Gasteiger partial charge in [-0.3, -0.25) is 0 Å². The average molecular weight is 304 g/mol. The van der Waals surface area contributed by atoms with Crippen molar-refractivity contribution in [1.82, 2.24) is 0 Å². The second-order valence-corrected chi connectivity index (χ2v) is 5.79. The van der Waals surface area contributed by atoms with Crippen LogP contribution in [0.5, 0.6) is 0 Å². The number of methoxy groups -OCH3 is 3. The van der Waals surface area contributed by atoms with Crippen LogP contribution < -0.4 is 0 Å². The molecule has 7 nitrogen and oxygen atoms in total. The summed E-state index contributed by atoms with van der Waals surface area (Å²) in [7, 11) is 4.67. The van der Waals surface area contributed by atoms with Crippen molar-refractivity contribution in [2.24, 2.45) is 0 Å². The first kappa shape index (κ1) is 15.6. The largest absolute Gasteiger partial charge is 0.385 e. The van der Waals surface area contributed by atoms with E-state index in [0.717, 1.165) is 12.8 Å². The Hall–Kier alpha value is -0.280. The van der Waals surface area contributed by atoms with Crippen molar-refractivity contribution in [3.63, 3.8) is 0 Å². The lowest BCUT2D eigenvalue weighted by atomic mass is 9.84. The van der Waals surface area contributed by atoms with Crippen LogP contribution in [0, 0.1) is 0 Å². The molecule has 122 valence electrons. The summed E-state index contributed by atoms with van der Waals surface area (Å²) in [6.07, 6.45) is 0.651. The average Bonchev–Trinajstić information content (AvgIpc) is 2.53. The molecule has 3 aliphatic rings. The minimum atomic E-state index is -1.00. The lowest BCUT2D eigenvalue weighted by molar-refractivity contribution is -0.489. The second-order valence-electron chi connectivity index (χ2n) is 5.79. The van der Waals surface area contributed by atoms with Crippen LogP contribution in [0.1, 0.15) is 25.7 Å². The minimum absolute atomic E-state index is 0.283. The Balaban J connectivity index is 1.90. The van der Waals surface area contributed by atoms with Gasteiger partial charge in [0.15, 0.2) is 6.29 Å². The topological polar surface area (TPSA) is 75.6 Å². The first-order chi connectivity index (χ1) is 10.1. The van der Waals surface area contributed by atoms with Crippen LogP contribution in [0.25, 0.3) is 0 Å². The molecule has 0 amide bonds. The van der Waals surface area contributed by atoms with Gasteiger partial charge in [0.25, 0.3) is 0 Å². The fourth-order valence-corrected chi connectivity index (χ4v) is 3.68. The third-order valence-corrected chi connectivity index (χ3v) is 4.81. The standard InChI is InChI=1S/C14H24O7/c1-16-12-10(15)11-9(8-19-12)20-13(17-2)6-4-5-7-14(13,18-3)21-11/h9-12,15H,4-8H2,1-3H3/t9-,10+,11+,12+,13+,14+/m1/s1. The summed E-state index contributed by atoms with van der Waals surface area (Å²) in [5.74, 6) is -1.96. The monoisotopic (exact) mass is 304 g/mol. The molecule has 0 radical (unpaired) electrons. The van der Waals surface area contributed by atoms with E-state index < -0.39 is 36.2 Å². The molecule has 2 heterocycles. The van der Waals surface area contributed by atoms with Crippen LogP contribution in [0.2, 0.25) is 0 Å². The molecule has 6 atom stereocenters. The van der Waals surface area contributed by atoms with Crippen molar-refractivity contribution >= 4 is 0 Å². The molecule has 0 unspecified atom stereocenters. The van der Waals surface area contributed by atoms with Gasteiger partial charge in [-0.15, -0.1) is 0 Å². The van der Waals surface area contributed by atoms with Crippen molar-refractivity contribution in [1.29, 1.82) is 0 Å². The van der Waals surface area contributed by atoms with Gasteiger partial charge in [0.1, 0.15) is 18.3 Å². The maximum atomic E-state index is 10.4. The van der Waals surface area contributed by atoms with Crippen molar-refractivity contribution in [2.45, 2.75) is 61.9 Å². The number of aliphatic hydroxyl groups excluding tert-OH is 1. The van der Waals surface area contributed by atoms with E-state index in [0.29, 0.717) is 12.8 Å². The minimum Gasteiger partial charge on any atom is -0.385 e. The summed E-state index contributed by atoms with van der Waals surface area (Å²) in [5, 5.41) is 10.4. The van der Waals surface area contributed by atoms with E-state index in [4.69, 9.17) is 28.4 Å². The molecule has 0 aromatic heterocycles. The van der Waals surface area contributed by atoms with E-state index in [9.17, 15) is 5.11 Å². The zero-order valence-electron chi connectivity index (χ0n) is 12.7. The highest BCUT2D eigenvalue weighted by Crippen LogP contribution is 2.50. The molecule has 21 heavy (non-hydrogen) atoms. The predicted octanol–water partition coefficient (Wildman–Crippen LogP) is 0.393. The summed E-state index contributed by atoms with van der Waals surface area (Å²) in [6, 6.07) is 0. The molecule has 0 aromatic carbocycles. The van der Waals surface area contributed by atoms with E-state index in [1.165, 1.54) is 7.11 Å². The van der Waals surface area contributed by atoms with Crippen molar-refractivity contribution < 1.29 is 33.5 Å². The van der Waals surface area contributed by atoms with E-state index in [2.05, 4.69) is 0 Å². The zero-order chi connectivity index (χ0) is 15.1. The summed E-state index contributed by atoms with van der Waals surface area (Å²) >= 11 is 0. The Kier molecular flexibility index (Phi) is 4.26. The molecule has 3 rings (SSSR count). The number of rotatable bonds is 3. The van der Waals surface area contributed by atoms with Crippen LogP contribution in [0.15, 0.2) is 0 Å². The summed E-state index contributed by atoms with van der Waals surface area (Å²) in [5.41, 5.74) is 0. The molecular weight excluding hydrogens is 280 g/mol. The van der Waals surface area contributed by atoms with Crippen LogP contribution in [0.3, 0.4) is 0 Å². The maximum absolute atomic E-state index is 10.4. The molecule has 2 saturated heterocycles. The van der Waals surface area contributed by atoms with Crippen molar-refractivity contribution in [3.05, 3.63) is 0 Å². The highest BCUT2D eigenvalue weighted by Gasteiger charge is 2.65. The number of hydrogen-bond acceptors (Lipinski definition) is 7. The van der Waals surface area contributed by atoms with E-state index in [-0.39, 0.29) is 6.61 Å². The molecule has 1 saturated carbocycles. The maximum Gasteiger partial charge on any atom is 0.223 e. The van der Waals surface area contributed by atoms with Gasteiger partial charge in [-0.25, -0.2) is 0 Å². The number of aliphatic hydroxyl groups is 1. The molecule has 1 N–H and O–H groups in total. The van der Waals surface area contributed by atoms with Crippen LogP contribution in [-0.4, -0.2) is 69.2 Å². The van der Waals surface area contributed by atoms with Crippen molar-refractivity contribution in [3.8, 4) is 0 Å². The lowest BCUT2D eigenvalue weighted by Gasteiger charge is -2.58. The fourth-order valence-electron chi connectivity index (χ4n) is 3.68. The third-order valence-electron chi connectivity index (χ3n) is 4.81. The highest BCUT2D eigenvalue weighted by atomic mass is 16.8. The lowest BCUT2D eigenvalue weighted by Crippen LogP contribution is -2.73. The first-order valence-corrected chi connectivity index (χ1v) is 7.40. The number of fused-ring (bicyclic) bond motifs is 2. The Bertz CT molecular complexity index is 378. The van der Waals surface area contributed by atoms with E-state index in [1.807, 2.05) is 0 Å². The van der Waals surface area contributed by atoms with Crippen LogP contribution in [-0.2, 0) is 28.4 Å². The molecule has 0 spiro atoms. The third kappa shape index (κ3) is 2.23. The normalized spacial score (nSPS) is 50.3. The number of ether oxygens (including phenoxy) is 6. The SMILES string of the molecule is CO[C@H]1OC[C@H]2O[C@@]3(OC)CCCC[C@]3(OC)O[C@@H]2[C@@H]1O. The number of hydrogen-bond donors (Lipinski definition) is 1. The van der Waals surface area contributed by atoms with Gasteiger partial charge in [-0.05, 0) is 12.8 Å². The predicted molar refractivity (Wildman–Crippen MR) is 70.4 cm³/mol. The van der Waals surface area contributed by atoms with E-state index >= 15 is 0 Å². The first-order valence-electron chi connectivity index (χ1n) is 7.40. The van der Waals surface area contributed by atoms with Gasteiger partial charge in [-0.1, -0.05) is 0 Å². The molecule has 3 fully saturated rings. The van der Waals surface area contributed by atoms with E-state index in [1.54, 1.807) is 14.2 Å². The fraction of sp³-hybridized carbons (Fsp3) is 1.00. The summed E-state index contributed by atoms with van der Waals surface area (Å²) < 4.78 is 34.3. The summed E-state index contributed by atoms with van der Waals surface area (Å²) in [6.45, 7) is 0.283. The van der Waals surface area contributed by atoms with Gasteiger partial charge >= 0.3 is 0 Å². The van der Waals surface area contributed by atoms with Gasteiger partial charge in [-0.2, -0.15) is 0 Å². The molecule has 0 bridgehead atoms. The Morgan fingerprint density at radius 2 is 1.62 bits per heavy atom. The molecule has 7 heteroatoms. The van der Waals surface area contributed by atoms with Gasteiger partial charge in [0.2, 0.25) is 11.6 Å². The molecule has 2 aliphatic heterocycles. The Morgan fingerprint density at radius 3 is 2.19 bits per heavy atom. The van der Waals surface area contributed by atoms with Gasteiger partial charge in [0.05, 0.1) is 6.61 Å². The highest BCUT2D eigenvalue weighted by molar-refractivity contribution is 5.01. The second kappa shape index (κ2) is 5.73.